The number of nitrogens with two attached hydrogens (primary N) is 1. The van der Waals surface area contributed by atoms with Crippen LogP contribution in [0.3, 0.4) is 0 Å². The molecule has 2 aromatic heterocycles. The largest absolute Gasteiger partial charge is 0.366 e. The summed E-state index contributed by atoms with van der Waals surface area (Å²) in [5.74, 6) is 1.04. The predicted octanol–water partition coefficient (Wildman–Crippen LogP) is 2.37. The van der Waals surface area contributed by atoms with Crippen LogP contribution in [0.5, 0.6) is 0 Å². The quantitative estimate of drug-likeness (QED) is 0.561. The zero-order valence-electron chi connectivity index (χ0n) is 13.9. The van der Waals surface area contributed by atoms with Gasteiger partial charge in [-0.15, -0.1) is 6.58 Å². The number of aromatic nitrogens is 4. The van der Waals surface area contributed by atoms with E-state index in [2.05, 4.69) is 37.1 Å². The maximum absolute atomic E-state index is 11.1. The van der Waals surface area contributed by atoms with Gasteiger partial charge >= 0.3 is 0 Å². The molecule has 130 valence electrons. The van der Waals surface area contributed by atoms with Crippen molar-refractivity contribution in [2.24, 2.45) is 5.73 Å². The number of pyridine rings is 1. The van der Waals surface area contributed by atoms with Crippen molar-refractivity contribution in [2.45, 2.75) is 0 Å². The van der Waals surface area contributed by atoms with Crippen molar-refractivity contribution in [3.05, 3.63) is 67.1 Å². The van der Waals surface area contributed by atoms with Crippen molar-refractivity contribution in [1.82, 2.24) is 19.9 Å². The third kappa shape index (κ3) is 3.99. The SMILES string of the molecule is C=CCNc1ncccc1-c1ncnc(Nc2ccc(C(N)=O)cc2)n1. The second-order valence-corrected chi connectivity index (χ2v) is 5.27. The molecule has 0 atom stereocenters. The van der Waals surface area contributed by atoms with Gasteiger partial charge in [0.1, 0.15) is 12.1 Å². The first-order valence-corrected chi connectivity index (χ1v) is 7.83. The molecule has 1 aromatic carbocycles. The summed E-state index contributed by atoms with van der Waals surface area (Å²) in [4.78, 5) is 28.2. The molecule has 0 spiro atoms. The molecule has 8 heteroatoms. The van der Waals surface area contributed by atoms with E-state index in [9.17, 15) is 4.79 Å². The number of benzene rings is 1. The fourth-order valence-corrected chi connectivity index (χ4v) is 2.23. The lowest BCUT2D eigenvalue weighted by Gasteiger charge is -2.09. The highest BCUT2D eigenvalue weighted by Crippen LogP contribution is 2.23. The van der Waals surface area contributed by atoms with Crippen molar-refractivity contribution in [3.8, 4) is 11.4 Å². The number of carbonyl (C=O) groups is 1. The van der Waals surface area contributed by atoms with Gasteiger partial charge in [0.15, 0.2) is 5.82 Å². The highest BCUT2D eigenvalue weighted by molar-refractivity contribution is 5.93. The van der Waals surface area contributed by atoms with Gasteiger partial charge in [0.2, 0.25) is 11.9 Å². The fraction of sp³-hybridized carbons (Fsp3) is 0.0556. The Labute approximate surface area is 150 Å². The summed E-state index contributed by atoms with van der Waals surface area (Å²) < 4.78 is 0. The number of amides is 1. The minimum atomic E-state index is -0.477. The molecule has 0 aliphatic carbocycles. The van der Waals surface area contributed by atoms with Gasteiger partial charge in [-0.05, 0) is 36.4 Å². The topological polar surface area (TPSA) is 119 Å². The highest BCUT2D eigenvalue weighted by atomic mass is 16.1. The molecule has 1 amide bonds. The molecule has 3 rings (SSSR count). The summed E-state index contributed by atoms with van der Waals surface area (Å²) >= 11 is 0. The number of hydrogen-bond acceptors (Lipinski definition) is 7. The number of rotatable bonds is 7. The summed E-state index contributed by atoms with van der Waals surface area (Å²) in [6.07, 6.45) is 4.86. The Morgan fingerprint density at radius 3 is 2.69 bits per heavy atom. The molecule has 4 N–H and O–H groups in total. The van der Waals surface area contributed by atoms with Gasteiger partial charge in [-0.25, -0.2) is 15.0 Å². The minimum Gasteiger partial charge on any atom is -0.366 e. The van der Waals surface area contributed by atoms with E-state index in [1.165, 1.54) is 6.33 Å². The van der Waals surface area contributed by atoms with Crippen LogP contribution in [-0.2, 0) is 0 Å². The second kappa shape index (κ2) is 7.84. The lowest BCUT2D eigenvalue weighted by Crippen LogP contribution is -2.10. The van der Waals surface area contributed by atoms with Crippen molar-refractivity contribution < 1.29 is 4.79 Å². The average molecular weight is 347 g/mol. The first-order chi connectivity index (χ1) is 12.7. The van der Waals surface area contributed by atoms with Crippen LogP contribution in [-0.4, -0.2) is 32.4 Å². The van der Waals surface area contributed by atoms with E-state index in [1.54, 1.807) is 36.5 Å². The van der Waals surface area contributed by atoms with Crippen molar-refractivity contribution in [3.63, 3.8) is 0 Å². The Bertz CT molecular complexity index is 925. The molecule has 0 unspecified atom stereocenters. The summed E-state index contributed by atoms with van der Waals surface area (Å²) in [7, 11) is 0. The molecule has 3 aromatic rings. The Morgan fingerprint density at radius 1 is 1.15 bits per heavy atom. The van der Waals surface area contributed by atoms with E-state index in [-0.39, 0.29) is 0 Å². The molecule has 0 saturated heterocycles. The molecule has 0 saturated carbocycles. The lowest BCUT2D eigenvalue weighted by molar-refractivity contribution is 0.100. The Kier molecular flexibility index (Phi) is 5.14. The van der Waals surface area contributed by atoms with E-state index >= 15 is 0 Å². The Balaban J connectivity index is 1.85. The minimum absolute atomic E-state index is 0.375. The van der Waals surface area contributed by atoms with Crippen LogP contribution in [0.1, 0.15) is 10.4 Å². The van der Waals surface area contributed by atoms with Gasteiger partial charge in [0.05, 0.1) is 5.56 Å². The van der Waals surface area contributed by atoms with Crippen LogP contribution < -0.4 is 16.4 Å². The van der Waals surface area contributed by atoms with Crippen LogP contribution in [0, 0.1) is 0 Å². The molecule has 0 radical (unpaired) electrons. The highest BCUT2D eigenvalue weighted by Gasteiger charge is 2.10. The third-order valence-electron chi connectivity index (χ3n) is 3.46. The molecule has 0 bridgehead atoms. The van der Waals surface area contributed by atoms with Crippen LogP contribution in [0.2, 0.25) is 0 Å². The van der Waals surface area contributed by atoms with Crippen LogP contribution in [0.25, 0.3) is 11.4 Å². The van der Waals surface area contributed by atoms with Crippen LogP contribution in [0.15, 0.2) is 61.6 Å². The Morgan fingerprint density at radius 2 is 1.96 bits per heavy atom. The number of primary amides is 1. The van der Waals surface area contributed by atoms with E-state index in [0.29, 0.717) is 29.7 Å². The monoisotopic (exact) mass is 347 g/mol. The number of carbonyl (C=O) groups excluding carboxylic acids is 1. The first-order valence-electron chi connectivity index (χ1n) is 7.83. The molecule has 26 heavy (non-hydrogen) atoms. The summed E-state index contributed by atoms with van der Waals surface area (Å²) in [6.45, 7) is 4.26. The molecule has 2 heterocycles. The van der Waals surface area contributed by atoms with Gasteiger partial charge < -0.3 is 16.4 Å². The fourth-order valence-electron chi connectivity index (χ4n) is 2.23. The number of hydrogen-bond donors (Lipinski definition) is 3. The molecule has 0 aliphatic rings. The smallest absolute Gasteiger partial charge is 0.248 e. The zero-order chi connectivity index (χ0) is 18.4. The van der Waals surface area contributed by atoms with Gasteiger partial charge in [-0.2, -0.15) is 4.98 Å². The number of anilines is 3. The molecular weight excluding hydrogens is 330 g/mol. The maximum atomic E-state index is 11.1. The first kappa shape index (κ1) is 17.0. The molecule has 8 nitrogen and oxygen atoms in total. The van der Waals surface area contributed by atoms with Gasteiger partial charge in [0, 0.05) is 24.0 Å². The predicted molar refractivity (Wildman–Crippen MR) is 100.0 cm³/mol. The Hall–Kier alpha value is -3.81. The van der Waals surface area contributed by atoms with Gasteiger partial charge in [-0.1, -0.05) is 6.08 Å². The van der Waals surface area contributed by atoms with Gasteiger partial charge in [-0.3, -0.25) is 4.79 Å². The summed E-state index contributed by atoms with van der Waals surface area (Å²) in [5, 5.41) is 6.23. The average Bonchev–Trinajstić information content (AvgIpc) is 2.67. The standard InChI is InChI=1S/C18H17N7O/c1-2-9-20-16-14(4-3-10-21-16)17-22-11-23-18(25-17)24-13-7-5-12(6-8-13)15(19)26/h2-8,10-11H,1,9H2,(H2,19,26)(H,20,21)(H,22,23,24,25). The molecule has 0 aliphatic heterocycles. The van der Waals surface area contributed by atoms with E-state index in [1.807, 2.05) is 12.1 Å². The van der Waals surface area contributed by atoms with E-state index < -0.39 is 5.91 Å². The lowest BCUT2D eigenvalue weighted by atomic mass is 10.2. The summed E-state index contributed by atoms with van der Waals surface area (Å²) in [5.41, 5.74) is 7.15. The normalized spacial score (nSPS) is 10.2. The molecule has 0 fully saturated rings. The van der Waals surface area contributed by atoms with Crippen LogP contribution >= 0.6 is 0 Å². The maximum Gasteiger partial charge on any atom is 0.248 e. The molecular formula is C18H17N7O. The van der Waals surface area contributed by atoms with E-state index in [4.69, 9.17) is 5.73 Å². The van der Waals surface area contributed by atoms with Crippen LogP contribution in [0.4, 0.5) is 17.5 Å². The zero-order valence-corrected chi connectivity index (χ0v) is 13.9. The number of nitrogens with zero attached hydrogens (tertiary/aromatic N) is 4. The van der Waals surface area contributed by atoms with Crippen molar-refractivity contribution in [1.29, 1.82) is 0 Å². The van der Waals surface area contributed by atoms with E-state index in [0.717, 1.165) is 11.3 Å². The van der Waals surface area contributed by atoms with Gasteiger partial charge in [0.25, 0.3) is 0 Å². The summed E-state index contributed by atoms with van der Waals surface area (Å²) in [6, 6.07) is 10.4. The van der Waals surface area contributed by atoms with Crippen molar-refractivity contribution >= 4 is 23.4 Å². The number of nitrogens with one attached hydrogen (secondary N) is 2. The van der Waals surface area contributed by atoms with Crippen molar-refractivity contribution in [2.75, 3.05) is 17.2 Å². The third-order valence-corrected chi connectivity index (χ3v) is 3.46. The second-order valence-electron chi connectivity index (χ2n) is 5.27.